The first-order valence-electron chi connectivity index (χ1n) is 5.47. The fraction of sp³-hybridized carbons (Fsp3) is 0.0714. The van der Waals surface area contributed by atoms with Gasteiger partial charge in [0.1, 0.15) is 17.2 Å². The standard InChI is InChI=1S/C14H11I2NO2/c1-19-13-5-3-2-4-12(13)17-8-9-6-10(15)7-11(16)14(9)18/h2-8,18H,1H3. The molecule has 0 aliphatic heterocycles. The lowest BCUT2D eigenvalue weighted by atomic mass is 10.2. The number of phenols is 1. The maximum atomic E-state index is 9.99. The summed E-state index contributed by atoms with van der Waals surface area (Å²) in [6, 6.07) is 11.3. The second-order valence-corrected chi connectivity index (χ2v) is 6.16. The smallest absolute Gasteiger partial charge is 0.144 e. The monoisotopic (exact) mass is 479 g/mol. The fourth-order valence-electron chi connectivity index (χ4n) is 1.56. The van der Waals surface area contributed by atoms with Gasteiger partial charge in [-0.05, 0) is 69.4 Å². The average molecular weight is 479 g/mol. The van der Waals surface area contributed by atoms with Crippen LogP contribution >= 0.6 is 45.2 Å². The van der Waals surface area contributed by atoms with Gasteiger partial charge in [-0.25, -0.2) is 0 Å². The van der Waals surface area contributed by atoms with Gasteiger partial charge in [-0.3, -0.25) is 4.99 Å². The molecule has 2 aromatic carbocycles. The molecule has 0 aromatic heterocycles. The highest BCUT2D eigenvalue weighted by molar-refractivity contribution is 14.1. The van der Waals surface area contributed by atoms with E-state index in [1.165, 1.54) is 0 Å². The van der Waals surface area contributed by atoms with Crippen LogP contribution in [0.3, 0.4) is 0 Å². The zero-order valence-corrected chi connectivity index (χ0v) is 14.4. The van der Waals surface area contributed by atoms with E-state index in [0.29, 0.717) is 11.3 Å². The number of aliphatic imine (C=N–C) groups is 1. The van der Waals surface area contributed by atoms with Crippen molar-refractivity contribution in [3.8, 4) is 11.5 Å². The summed E-state index contributed by atoms with van der Waals surface area (Å²) in [6.45, 7) is 0. The van der Waals surface area contributed by atoms with Crippen LogP contribution in [-0.2, 0) is 0 Å². The Labute approximate surface area is 139 Å². The van der Waals surface area contributed by atoms with E-state index in [1.807, 2.05) is 36.4 Å². The van der Waals surface area contributed by atoms with Crippen LogP contribution in [0.1, 0.15) is 5.56 Å². The van der Waals surface area contributed by atoms with Gasteiger partial charge in [0.15, 0.2) is 0 Å². The molecule has 0 saturated heterocycles. The molecule has 1 N–H and O–H groups in total. The zero-order valence-electron chi connectivity index (χ0n) is 10.1. The Morgan fingerprint density at radius 2 is 1.95 bits per heavy atom. The highest BCUT2D eigenvalue weighted by Gasteiger charge is 2.05. The van der Waals surface area contributed by atoms with Gasteiger partial charge in [0.2, 0.25) is 0 Å². The number of nitrogens with zero attached hydrogens (tertiary/aromatic N) is 1. The quantitative estimate of drug-likeness (QED) is 0.526. The van der Waals surface area contributed by atoms with Crippen LogP contribution in [0.5, 0.6) is 11.5 Å². The van der Waals surface area contributed by atoms with E-state index < -0.39 is 0 Å². The number of hydrogen-bond donors (Lipinski definition) is 1. The summed E-state index contributed by atoms with van der Waals surface area (Å²) in [6.07, 6.45) is 1.65. The molecule has 2 rings (SSSR count). The van der Waals surface area contributed by atoms with Gasteiger partial charge >= 0.3 is 0 Å². The normalized spacial score (nSPS) is 10.9. The van der Waals surface area contributed by atoms with E-state index in [0.717, 1.165) is 12.8 Å². The maximum absolute atomic E-state index is 9.99. The molecule has 0 fully saturated rings. The Morgan fingerprint density at radius 1 is 1.21 bits per heavy atom. The topological polar surface area (TPSA) is 41.8 Å². The average Bonchev–Trinajstić information content (AvgIpc) is 2.41. The van der Waals surface area contributed by atoms with Crippen LogP contribution < -0.4 is 4.74 Å². The highest BCUT2D eigenvalue weighted by Crippen LogP contribution is 2.29. The molecule has 0 aliphatic carbocycles. The van der Waals surface area contributed by atoms with Crippen LogP contribution in [0.25, 0.3) is 0 Å². The Bertz CT molecular complexity index is 627. The number of ether oxygens (including phenoxy) is 1. The van der Waals surface area contributed by atoms with Crippen LogP contribution in [0.2, 0.25) is 0 Å². The van der Waals surface area contributed by atoms with Gasteiger partial charge in [-0.2, -0.15) is 0 Å². The van der Waals surface area contributed by atoms with E-state index in [-0.39, 0.29) is 5.75 Å². The third kappa shape index (κ3) is 3.59. The molecule has 98 valence electrons. The first-order valence-corrected chi connectivity index (χ1v) is 7.62. The third-order valence-corrected chi connectivity index (χ3v) is 3.93. The molecule has 0 atom stereocenters. The Balaban J connectivity index is 2.38. The van der Waals surface area contributed by atoms with Gasteiger partial charge in [0, 0.05) is 15.3 Å². The number of rotatable bonds is 3. The van der Waals surface area contributed by atoms with Gasteiger partial charge in [0.05, 0.1) is 10.7 Å². The summed E-state index contributed by atoms with van der Waals surface area (Å²) in [7, 11) is 1.61. The molecule has 0 heterocycles. The lowest BCUT2D eigenvalue weighted by Crippen LogP contribution is -1.88. The van der Waals surface area contributed by atoms with Crippen LogP contribution in [0.15, 0.2) is 41.4 Å². The first-order chi connectivity index (χ1) is 9.11. The Kier molecular flexibility index (Phi) is 5.03. The van der Waals surface area contributed by atoms with Crippen molar-refractivity contribution in [3.63, 3.8) is 0 Å². The van der Waals surface area contributed by atoms with E-state index in [9.17, 15) is 5.11 Å². The minimum atomic E-state index is 0.250. The van der Waals surface area contributed by atoms with E-state index in [4.69, 9.17) is 4.74 Å². The van der Waals surface area contributed by atoms with Gasteiger partial charge in [-0.15, -0.1) is 0 Å². The molecule has 3 nitrogen and oxygen atoms in total. The van der Waals surface area contributed by atoms with E-state index in [2.05, 4.69) is 50.2 Å². The van der Waals surface area contributed by atoms with Crippen LogP contribution in [0.4, 0.5) is 5.69 Å². The van der Waals surface area contributed by atoms with Crippen molar-refractivity contribution in [2.24, 2.45) is 4.99 Å². The van der Waals surface area contributed by atoms with Gasteiger partial charge < -0.3 is 9.84 Å². The van der Waals surface area contributed by atoms with Crippen LogP contribution in [-0.4, -0.2) is 18.4 Å². The number of halogens is 2. The first kappa shape index (κ1) is 14.6. The lowest BCUT2D eigenvalue weighted by Gasteiger charge is -2.05. The molecule has 19 heavy (non-hydrogen) atoms. The predicted molar refractivity (Wildman–Crippen MR) is 93.8 cm³/mol. The van der Waals surface area contributed by atoms with Crippen molar-refractivity contribution in [2.45, 2.75) is 0 Å². The number of aromatic hydroxyl groups is 1. The molecule has 2 aromatic rings. The summed E-state index contributed by atoms with van der Waals surface area (Å²) in [4.78, 5) is 4.37. The third-order valence-electron chi connectivity index (χ3n) is 2.49. The summed E-state index contributed by atoms with van der Waals surface area (Å²) >= 11 is 4.32. The number of hydrogen-bond acceptors (Lipinski definition) is 3. The van der Waals surface area contributed by atoms with Crippen molar-refractivity contribution >= 4 is 57.1 Å². The SMILES string of the molecule is COc1ccccc1N=Cc1cc(I)cc(I)c1O. The van der Waals surface area contributed by atoms with Crippen molar-refractivity contribution in [1.82, 2.24) is 0 Å². The minimum absolute atomic E-state index is 0.250. The molecule has 0 radical (unpaired) electrons. The van der Waals surface area contributed by atoms with Crippen LogP contribution in [0, 0.1) is 7.14 Å². The van der Waals surface area contributed by atoms with Crippen molar-refractivity contribution in [3.05, 3.63) is 49.1 Å². The molecule has 0 aliphatic rings. The molecule has 0 unspecified atom stereocenters. The lowest BCUT2D eigenvalue weighted by molar-refractivity contribution is 0.416. The summed E-state index contributed by atoms with van der Waals surface area (Å²) in [5, 5.41) is 9.99. The Hall–Kier alpha value is -0.830. The molecule has 0 saturated carbocycles. The van der Waals surface area contributed by atoms with Gasteiger partial charge in [0.25, 0.3) is 0 Å². The maximum Gasteiger partial charge on any atom is 0.144 e. The van der Waals surface area contributed by atoms with E-state index >= 15 is 0 Å². The second-order valence-electron chi connectivity index (χ2n) is 3.76. The van der Waals surface area contributed by atoms with E-state index in [1.54, 1.807) is 13.3 Å². The van der Waals surface area contributed by atoms with Crippen molar-refractivity contribution in [2.75, 3.05) is 7.11 Å². The summed E-state index contributed by atoms with van der Waals surface area (Å²) < 4.78 is 7.10. The Morgan fingerprint density at radius 3 is 2.68 bits per heavy atom. The number of methoxy groups -OCH3 is 1. The van der Waals surface area contributed by atoms with Crippen molar-refractivity contribution in [1.29, 1.82) is 0 Å². The fourth-order valence-corrected chi connectivity index (χ4v) is 3.45. The largest absolute Gasteiger partial charge is 0.506 e. The number of para-hydroxylation sites is 2. The predicted octanol–water partition coefficient (Wildman–Crippen LogP) is 4.36. The summed E-state index contributed by atoms with van der Waals surface area (Å²) in [5.74, 6) is 0.957. The molecule has 0 bridgehead atoms. The van der Waals surface area contributed by atoms with Gasteiger partial charge in [-0.1, -0.05) is 12.1 Å². The molecule has 0 spiro atoms. The van der Waals surface area contributed by atoms with Crippen molar-refractivity contribution < 1.29 is 9.84 Å². The molecule has 0 amide bonds. The molecular formula is C14H11I2NO2. The minimum Gasteiger partial charge on any atom is -0.506 e. The number of phenolic OH excluding ortho intramolecular Hbond substituents is 1. The molecular weight excluding hydrogens is 468 g/mol. The summed E-state index contributed by atoms with van der Waals surface area (Å²) in [5.41, 5.74) is 1.43. The second kappa shape index (κ2) is 6.56. The zero-order chi connectivity index (χ0) is 13.8. The highest BCUT2D eigenvalue weighted by atomic mass is 127. The molecule has 5 heteroatoms. The number of benzene rings is 2.